The van der Waals surface area contributed by atoms with Crippen LogP contribution >= 0.6 is 0 Å². The minimum atomic E-state index is -0.351. The van der Waals surface area contributed by atoms with Gasteiger partial charge in [-0.15, -0.1) is 0 Å². The normalized spacial score (nSPS) is 9.06. The van der Waals surface area contributed by atoms with Crippen molar-refractivity contribution < 1.29 is 4.79 Å². The highest BCUT2D eigenvalue weighted by Crippen LogP contribution is 2.15. The third-order valence-electron chi connectivity index (χ3n) is 2.23. The Morgan fingerprint density at radius 2 is 2.11 bits per heavy atom. The lowest BCUT2D eigenvalue weighted by atomic mass is 10.2. The van der Waals surface area contributed by atoms with E-state index in [2.05, 4.69) is 10.3 Å². The maximum Gasteiger partial charge on any atom is 0.257 e. The van der Waals surface area contributed by atoms with Crippen molar-refractivity contribution >= 4 is 11.6 Å². The Labute approximate surface area is 105 Å². The molecule has 0 aliphatic rings. The number of pyridine rings is 1. The van der Waals surface area contributed by atoms with E-state index in [1.807, 2.05) is 19.1 Å². The zero-order chi connectivity index (χ0) is 13.4. The molecule has 0 atom stereocenters. The predicted octanol–water partition coefficient (Wildman–Crippen LogP) is 1.00. The predicted molar refractivity (Wildman–Crippen MR) is 65.5 cm³/mol. The molecule has 0 aromatic carbocycles. The number of carbonyl (C=O) groups is 1. The number of anilines is 1. The maximum absolute atomic E-state index is 12.2. The number of carbonyl (C=O) groups excluding carboxylic acids is 1. The van der Waals surface area contributed by atoms with Gasteiger partial charge in [-0.3, -0.25) is 9.78 Å². The van der Waals surface area contributed by atoms with Gasteiger partial charge >= 0.3 is 0 Å². The van der Waals surface area contributed by atoms with Gasteiger partial charge in [0.1, 0.15) is 13.1 Å². The number of amides is 1. The second kappa shape index (κ2) is 6.87. The number of hydrogen-bond donors (Lipinski definition) is 1. The average molecular weight is 243 g/mol. The summed E-state index contributed by atoms with van der Waals surface area (Å²) in [5.41, 5.74) is 1.02. The van der Waals surface area contributed by atoms with Crippen molar-refractivity contribution in [2.75, 3.05) is 25.0 Å². The Morgan fingerprint density at radius 1 is 1.44 bits per heavy atom. The number of nitrogens with zero attached hydrogens (tertiary/aromatic N) is 4. The SMILES string of the molecule is CCNc1cnccc1C(=O)N(CC#N)CC#N. The summed E-state index contributed by atoms with van der Waals surface area (Å²) in [7, 11) is 0. The molecule has 0 aliphatic carbocycles. The van der Waals surface area contributed by atoms with Gasteiger partial charge in [0.15, 0.2) is 0 Å². The van der Waals surface area contributed by atoms with Crippen molar-refractivity contribution in [2.24, 2.45) is 0 Å². The van der Waals surface area contributed by atoms with Crippen molar-refractivity contribution in [3.63, 3.8) is 0 Å². The van der Waals surface area contributed by atoms with E-state index >= 15 is 0 Å². The fraction of sp³-hybridized carbons (Fsp3) is 0.333. The second-order valence-corrected chi connectivity index (χ2v) is 3.43. The highest BCUT2D eigenvalue weighted by atomic mass is 16.2. The summed E-state index contributed by atoms with van der Waals surface area (Å²) in [5, 5.41) is 20.3. The van der Waals surface area contributed by atoms with Crippen molar-refractivity contribution in [2.45, 2.75) is 6.92 Å². The Morgan fingerprint density at radius 3 is 2.67 bits per heavy atom. The number of hydrogen-bond acceptors (Lipinski definition) is 5. The fourth-order valence-corrected chi connectivity index (χ4v) is 1.45. The molecule has 0 saturated heterocycles. The average Bonchev–Trinajstić information content (AvgIpc) is 2.39. The molecule has 0 unspecified atom stereocenters. The summed E-state index contributed by atoms with van der Waals surface area (Å²) >= 11 is 0. The lowest BCUT2D eigenvalue weighted by molar-refractivity contribution is 0.0795. The molecule has 1 heterocycles. The molecule has 0 fully saturated rings. The van der Waals surface area contributed by atoms with Gasteiger partial charge in [-0.25, -0.2) is 0 Å². The van der Waals surface area contributed by atoms with Crippen LogP contribution in [0.3, 0.4) is 0 Å². The van der Waals surface area contributed by atoms with Gasteiger partial charge in [0.05, 0.1) is 29.6 Å². The molecule has 1 aromatic heterocycles. The third-order valence-corrected chi connectivity index (χ3v) is 2.23. The van der Waals surface area contributed by atoms with Crippen LogP contribution in [0.1, 0.15) is 17.3 Å². The maximum atomic E-state index is 12.2. The van der Waals surface area contributed by atoms with Gasteiger partial charge in [-0.1, -0.05) is 0 Å². The van der Waals surface area contributed by atoms with E-state index in [1.165, 1.54) is 11.1 Å². The third kappa shape index (κ3) is 3.19. The lowest BCUT2D eigenvalue weighted by Crippen LogP contribution is -2.32. The molecule has 6 heteroatoms. The van der Waals surface area contributed by atoms with E-state index in [-0.39, 0.29) is 19.0 Å². The molecule has 0 saturated carbocycles. The van der Waals surface area contributed by atoms with Crippen LogP contribution in [0.2, 0.25) is 0 Å². The Balaban J connectivity index is 3.01. The van der Waals surface area contributed by atoms with Gasteiger partial charge < -0.3 is 10.2 Å². The molecular formula is C12H13N5O. The smallest absolute Gasteiger partial charge is 0.257 e. The van der Waals surface area contributed by atoms with Crippen LogP contribution in [-0.4, -0.2) is 35.4 Å². The highest BCUT2D eigenvalue weighted by molar-refractivity contribution is 5.99. The molecule has 1 rings (SSSR count). The molecule has 1 amide bonds. The van der Waals surface area contributed by atoms with Crippen molar-refractivity contribution in [3.8, 4) is 12.1 Å². The van der Waals surface area contributed by atoms with Crippen molar-refractivity contribution in [3.05, 3.63) is 24.0 Å². The van der Waals surface area contributed by atoms with Gasteiger partial charge in [0.25, 0.3) is 5.91 Å². The molecule has 6 nitrogen and oxygen atoms in total. The minimum absolute atomic E-state index is 0.111. The zero-order valence-electron chi connectivity index (χ0n) is 10.1. The lowest BCUT2D eigenvalue weighted by Gasteiger charge is -2.17. The van der Waals surface area contributed by atoms with Crippen LogP contribution in [0.5, 0.6) is 0 Å². The fourth-order valence-electron chi connectivity index (χ4n) is 1.45. The van der Waals surface area contributed by atoms with Crippen LogP contribution in [0.4, 0.5) is 5.69 Å². The van der Waals surface area contributed by atoms with E-state index in [0.29, 0.717) is 17.8 Å². The van der Waals surface area contributed by atoms with Gasteiger partial charge in [0.2, 0.25) is 0 Å². The number of rotatable bonds is 5. The minimum Gasteiger partial charge on any atom is -0.383 e. The molecule has 1 aromatic rings. The first-order chi connectivity index (χ1) is 8.74. The molecular weight excluding hydrogens is 230 g/mol. The largest absolute Gasteiger partial charge is 0.383 e. The molecule has 0 spiro atoms. The zero-order valence-corrected chi connectivity index (χ0v) is 10.1. The number of aromatic nitrogens is 1. The molecule has 0 radical (unpaired) electrons. The van der Waals surface area contributed by atoms with Crippen LogP contribution in [-0.2, 0) is 0 Å². The first kappa shape index (κ1) is 13.5. The van der Waals surface area contributed by atoms with Gasteiger partial charge in [0, 0.05) is 12.7 Å². The standard InChI is InChI=1S/C12H13N5O/c1-2-16-11-9-15-6-3-10(11)12(18)17(7-4-13)8-5-14/h3,6,9,16H,2,7-8H2,1H3. The van der Waals surface area contributed by atoms with E-state index in [9.17, 15) is 4.79 Å². The van der Waals surface area contributed by atoms with Crippen LogP contribution in [0.15, 0.2) is 18.5 Å². The van der Waals surface area contributed by atoms with Crippen LogP contribution in [0.25, 0.3) is 0 Å². The first-order valence-electron chi connectivity index (χ1n) is 5.45. The molecule has 1 N–H and O–H groups in total. The molecule has 18 heavy (non-hydrogen) atoms. The Kier molecular flexibility index (Phi) is 5.14. The first-order valence-corrected chi connectivity index (χ1v) is 5.45. The summed E-state index contributed by atoms with van der Waals surface area (Å²) in [4.78, 5) is 17.3. The highest BCUT2D eigenvalue weighted by Gasteiger charge is 2.18. The van der Waals surface area contributed by atoms with Crippen LogP contribution < -0.4 is 5.32 Å². The van der Waals surface area contributed by atoms with Gasteiger partial charge in [-0.05, 0) is 13.0 Å². The van der Waals surface area contributed by atoms with E-state index in [1.54, 1.807) is 12.3 Å². The topological polar surface area (TPSA) is 92.8 Å². The molecule has 0 aliphatic heterocycles. The Hall–Kier alpha value is -2.60. The van der Waals surface area contributed by atoms with E-state index < -0.39 is 0 Å². The van der Waals surface area contributed by atoms with Gasteiger partial charge in [-0.2, -0.15) is 10.5 Å². The van der Waals surface area contributed by atoms with E-state index in [4.69, 9.17) is 10.5 Å². The van der Waals surface area contributed by atoms with E-state index in [0.717, 1.165) is 0 Å². The quantitative estimate of drug-likeness (QED) is 0.779. The number of nitriles is 2. The molecule has 92 valence electrons. The summed E-state index contributed by atoms with van der Waals surface area (Å²) in [5.74, 6) is -0.351. The summed E-state index contributed by atoms with van der Waals surface area (Å²) < 4.78 is 0. The Bertz CT molecular complexity index is 484. The molecule has 0 bridgehead atoms. The summed E-state index contributed by atoms with van der Waals surface area (Å²) in [6, 6.07) is 5.32. The van der Waals surface area contributed by atoms with Crippen molar-refractivity contribution in [1.29, 1.82) is 10.5 Å². The summed E-state index contributed by atoms with van der Waals surface area (Å²) in [6.07, 6.45) is 3.05. The summed E-state index contributed by atoms with van der Waals surface area (Å²) in [6.45, 7) is 2.34. The van der Waals surface area contributed by atoms with Crippen molar-refractivity contribution in [1.82, 2.24) is 9.88 Å². The number of nitrogens with one attached hydrogen (secondary N) is 1. The monoisotopic (exact) mass is 243 g/mol. The van der Waals surface area contributed by atoms with Crippen LogP contribution in [0, 0.1) is 22.7 Å². The second-order valence-electron chi connectivity index (χ2n) is 3.43.